The van der Waals surface area contributed by atoms with Crippen molar-refractivity contribution < 1.29 is 9.18 Å². The molecular weight excluding hydrogens is 261 g/mol. The van der Waals surface area contributed by atoms with E-state index < -0.39 is 0 Å². The van der Waals surface area contributed by atoms with E-state index >= 15 is 0 Å². The molecule has 19 heavy (non-hydrogen) atoms. The van der Waals surface area contributed by atoms with E-state index in [0.29, 0.717) is 10.4 Å². The normalized spacial score (nSPS) is 10.5. The monoisotopic (exact) mass is 277 g/mol. The summed E-state index contributed by atoms with van der Waals surface area (Å²) in [5.41, 5.74) is 1.65. The van der Waals surface area contributed by atoms with Crippen molar-refractivity contribution in [2.45, 2.75) is 20.4 Å². The first kappa shape index (κ1) is 13.7. The second kappa shape index (κ2) is 5.53. The molecule has 1 heterocycles. The first-order valence-corrected chi connectivity index (χ1v) is 6.86. The first-order chi connectivity index (χ1) is 8.99. The lowest BCUT2D eigenvalue weighted by Crippen LogP contribution is -2.25. The van der Waals surface area contributed by atoms with Gasteiger partial charge in [0.05, 0.1) is 4.88 Å². The van der Waals surface area contributed by atoms with Gasteiger partial charge in [-0.3, -0.25) is 4.79 Å². The van der Waals surface area contributed by atoms with Crippen LogP contribution in [0.1, 0.15) is 25.7 Å². The van der Waals surface area contributed by atoms with Gasteiger partial charge in [0.1, 0.15) is 5.82 Å². The Bertz CT molecular complexity index is 586. The van der Waals surface area contributed by atoms with Crippen molar-refractivity contribution in [3.8, 4) is 0 Å². The third kappa shape index (κ3) is 3.01. The fourth-order valence-electron chi connectivity index (χ4n) is 1.82. The third-order valence-corrected chi connectivity index (χ3v) is 4.23. The van der Waals surface area contributed by atoms with Gasteiger partial charge >= 0.3 is 0 Å². The highest BCUT2D eigenvalue weighted by molar-refractivity contribution is 7.14. The Hall–Kier alpha value is -1.68. The lowest BCUT2D eigenvalue weighted by Gasteiger charge is -2.16. The Morgan fingerprint density at radius 2 is 2.00 bits per heavy atom. The number of rotatable bonds is 3. The first-order valence-electron chi connectivity index (χ1n) is 6.05. The maximum Gasteiger partial charge on any atom is 0.263 e. The molecule has 0 radical (unpaired) electrons. The number of carbonyl (C=O) groups excluding carboxylic acids is 1. The molecule has 1 aromatic heterocycles. The van der Waals surface area contributed by atoms with Crippen LogP contribution in [0, 0.1) is 19.7 Å². The van der Waals surface area contributed by atoms with Gasteiger partial charge in [0.15, 0.2) is 0 Å². The molecule has 1 amide bonds. The zero-order valence-corrected chi connectivity index (χ0v) is 12.1. The molecule has 0 fully saturated rings. The van der Waals surface area contributed by atoms with Crippen LogP contribution in [0.15, 0.2) is 30.3 Å². The van der Waals surface area contributed by atoms with Crippen LogP contribution < -0.4 is 0 Å². The molecule has 0 bridgehead atoms. The second-order valence-corrected chi connectivity index (χ2v) is 5.86. The number of nitrogens with zero attached hydrogens (tertiary/aromatic N) is 1. The minimum atomic E-state index is -0.277. The van der Waals surface area contributed by atoms with Gasteiger partial charge in [0, 0.05) is 24.0 Å². The standard InChI is InChI=1S/C15H16FNOS/c1-10-8-14(19-11(10)2)15(18)17(3)9-12-6-4-5-7-13(12)16/h4-8H,9H2,1-3H3. The molecule has 0 aliphatic carbocycles. The lowest BCUT2D eigenvalue weighted by atomic mass is 10.2. The van der Waals surface area contributed by atoms with Crippen molar-refractivity contribution in [3.05, 3.63) is 57.0 Å². The van der Waals surface area contributed by atoms with E-state index in [1.807, 2.05) is 19.9 Å². The van der Waals surface area contributed by atoms with Gasteiger partial charge in [0.25, 0.3) is 5.91 Å². The SMILES string of the molecule is Cc1cc(C(=O)N(C)Cc2ccccc2F)sc1C. The number of amides is 1. The highest BCUT2D eigenvalue weighted by atomic mass is 32.1. The van der Waals surface area contributed by atoms with E-state index in [9.17, 15) is 9.18 Å². The molecule has 2 nitrogen and oxygen atoms in total. The van der Waals surface area contributed by atoms with Gasteiger partial charge in [-0.2, -0.15) is 0 Å². The minimum Gasteiger partial charge on any atom is -0.337 e. The molecular formula is C15H16FNOS. The summed E-state index contributed by atoms with van der Waals surface area (Å²) in [7, 11) is 1.69. The van der Waals surface area contributed by atoms with Crippen molar-refractivity contribution in [2.75, 3.05) is 7.05 Å². The number of carbonyl (C=O) groups is 1. The number of halogens is 1. The molecule has 0 aliphatic rings. The van der Waals surface area contributed by atoms with Crippen LogP contribution in [0.25, 0.3) is 0 Å². The molecule has 4 heteroatoms. The number of hydrogen-bond donors (Lipinski definition) is 0. The maximum absolute atomic E-state index is 13.5. The van der Waals surface area contributed by atoms with E-state index in [2.05, 4.69) is 0 Å². The second-order valence-electron chi connectivity index (χ2n) is 4.60. The minimum absolute atomic E-state index is 0.0653. The number of hydrogen-bond acceptors (Lipinski definition) is 2. The number of benzene rings is 1. The van der Waals surface area contributed by atoms with Gasteiger partial charge in [-0.1, -0.05) is 18.2 Å². The number of thiophene rings is 1. The Morgan fingerprint density at radius 1 is 1.32 bits per heavy atom. The summed E-state index contributed by atoms with van der Waals surface area (Å²) in [5.74, 6) is -0.342. The third-order valence-electron chi connectivity index (χ3n) is 3.09. The molecule has 0 unspecified atom stereocenters. The molecule has 1 aromatic carbocycles. The van der Waals surface area contributed by atoms with Crippen molar-refractivity contribution in [1.82, 2.24) is 4.90 Å². The highest BCUT2D eigenvalue weighted by Crippen LogP contribution is 2.22. The molecule has 0 atom stereocenters. The Balaban J connectivity index is 2.14. The topological polar surface area (TPSA) is 20.3 Å². The fraction of sp³-hybridized carbons (Fsp3) is 0.267. The zero-order chi connectivity index (χ0) is 14.0. The van der Waals surface area contributed by atoms with Crippen molar-refractivity contribution in [1.29, 1.82) is 0 Å². The van der Waals surface area contributed by atoms with Gasteiger partial charge < -0.3 is 4.90 Å². The molecule has 0 N–H and O–H groups in total. The Labute approximate surface area is 116 Å². The van der Waals surface area contributed by atoms with Gasteiger partial charge in [0.2, 0.25) is 0 Å². The Kier molecular flexibility index (Phi) is 4.00. The Morgan fingerprint density at radius 3 is 2.58 bits per heavy atom. The summed E-state index contributed by atoms with van der Waals surface area (Å²) in [6.07, 6.45) is 0. The van der Waals surface area contributed by atoms with Gasteiger partial charge in [-0.25, -0.2) is 4.39 Å². The van der Waals surface area contributed by atoms with Crippen LogP contribution in [-0.4, -0.2) is 17.9 Å². The molecule has 0 saturated carbocycles. The summed E-state index contributed by atoms with van der Waals surface area (Å²) in [4.78, 5) is 15.6. The fourth-order valence-corrected chi connectivity index (χ4v) is 2.85. The summed E-state index contributed by atoms with van der Waals surface area (Å²) in [5, 5.41) is 0. The van der Waals surface area contributed by atoms with Crippen LogP contribution in [0.2, 0.25) is 0 Å². The van der Waals surface area contributed by atoms with Crippen molar-refractivity contribution >= 4 is 17.2 Å². The van der Waals surface area contributed by atoms with Crippen LogP contribution in [0.5, 0.6) is 0 Å². The van der Waals surface area contributed by atoms with Gasteiger partial charge in [-0.15, -0.1) is 11.3 Å². The van der Waals surface area contributed by atoms with Crippen molar-refractivity contribution in [3.63, 3.8) is 0 Å². The average molecular weight is 277 g/mol. The number of aryl methyl sites for hydroxylation is 2. The van der Waals surface area contributed by atoms with Crippen LogP contribution in [0.3, 0.4) is 0 Å². The van der Waals surface area contributed by atoms with Crippen LogP contribution >= 0.6 is 11.3 Å². The van der Waals surface area contributed by atoms with Crippen LogP contribution in [-0.2, 0) is 6.54 Å². The molecule has 2 aromatic rings. The van der Waals surface area contributed by atoms with E-state index in [1.165, 1.54) is 17.4 Å². The predicted octanol–water partition coefficient (Wildman–Crippen LogP) is 3.78. The van der Waals surface area contributed by atoms with E-state index in [-0.39, 0.29) is 18.3 Å². The predicted molar refractivity (Wildman–Crippen MR) is 76.0 cm³/mol. The van der Waals surface area contributed by atoms with E-state index in [1.54, 1.807) is 30.1 Å². The largest absolute Gasteiger partial charge is 0.337 e. The van der Waals surface area contributed by atoms with Crippen molar-refractivity contribution in [2.24, 2.45) is 0 Å². The summed E-state index contributed by atoms with van der Waals surface area (Å²) < 4.78 is 13.5. The molecule has 0 saturated heterocycles. The molecule has 100 valence electrons. The summed E-state index contributed by atoms with van der Waals surface area (Å²) in [6, 6.07) is 8.42. The molecule has 0 spiro atoms. The highest BCUT2D eigenvalue weighted by Gasteiger charge is 2.16. The van der Waals surface area contributed by atoms with E-state index in [0.717, 1.165) is 10.4 Å². The summed E-state index contributed by atoms with van der Waals surface area (Å²) >= 11 is 1.48. The zero-order valence-electron chi connectivity index (χ0n) is 11.2. The quantitative estimate of drug-likeness (QED) is 0.836. The maximum atomic E-state index is 13.5. The van der Waals surface area contributed by atoms with E-state index in [4.69, 9.17) is 0 Å². The molecule has 2 rings (SSSR count). The van der Waals surface area contributed by atoms with Gasteiger partial charge in [-0.05, 0) is 31.5 Å². The smallest absolute Gasteiger partial charge is 0.263 e. The van der Waals surface area contributed by atoms with Crippen LogP contribution in [0.4, 0.5) is 4.39 Å². The summed E-state index contributed by atoms with van der Waals surface area (Å²) in [6.45, 7) is 4.26. The lowest BCUT2D eigenvalue weighted by molar-refractivity contribution is 0.0788. The molecule has 0 aliphatic heterocycles. The average Bonchev–Trinajstić information content (AvgIpc) is 2.71.